The van der Waals surface area contributed by atoms with Crippen LogP contribution in [0.2, 0.25) is 5.02 Å². The fourth-order valence-corrected chi connectivity index (χ4v) is 1.89. The van der Waals surface area contributed by atoms with Crippen LogP contribution in [0.5, 0.6) is 0 Å². The van der Waals surface area contributed by atoms with E-state index in [1.54, 1.807) is 54.8 Å². The van der Waals surface area contributed by atoms with Crippen LogP contribution in [-0.4, -0.2) is 11.9 Å². The van der Waals surface area contributed by atoms with Crippen LogP contribution in [0.25, 0.3) is 6.08 Å². The molecule has 1 aromatic carbocycles. The second-order valence-corrected chi connectivity index (χ2v) is 4.68. The minimum atomic E-state index is -0.482. The molecule has 1 aliphatic heterocycles. The summed E-state index contributed by atoms with van der Waals surface area (Å²) in [6.45, 7) is 0. The maximum Gasteiger partial charge on any atom is 0.363 e. The van der Waals surface area contributed by atoms with Gasteiger partial charge in [-0.1, -0.05) is 17.7 Å². The first kappa shape index (κ1) is 13.4. The van der Waals surface area contributed by atoms with Crippen molar-refractivity contribution in [1.29, 1.82) is 0 Å². The molecule has 2 heterocycles. The van der Waals surface area contributed by atoms with E-state index in [1.165, 1.54) is 0 Å². The van der Waals surface area contributed by atoms with Crippen LogP contribution in [0.1, 0.15) is 11.3 Å². The number of esters is 1. The number of cyclic esters (lactones) is 1. The summed E-state index contributed by atoms with van der Waals surface area (Å²) in [6, 6.07) is 10.5. The number of hydrogen-bond donors (Lipinski definition) is 0. The molecular weight excluding hydrogens is 290 g/mol. The molecule has 0 unspecified atom stereocenters. The number of carbonyl (C=O) groups is 1. The molecular formula is C16H10ClNO3. The third kappa shape index (κ3) is 3.12. The van der Waals surface area contributed by atoms with E-state index in [-0.39, 0.29) is 11.6 Å². The fraction of sp³-hybridized carbons (Fsp3) is 0. The van der Waals surface area contributed by atoms with Crippen molar-refractivity contribution >= 4 is 29.5 Å². The summed E-state index contributed by atoms with van der Waals surface area (Å²) in [5, 5.41) is 0.612. The van der Waals surface area contributed by atoms with Crippen molar-refractivity contribution in [2.24, 2.45) is 4.99 Å². The van der Waals surface area contributed by atoms with Gasteiger partial charge in [0, 0.05) is 10.6 Å². The van der Waals surface area contributed by atoms with Crippen LogP contribution < -0.4 is 0 Å². The Morgan fingerprint density at radius 2 is 1.95 bits per heavy atom. The Morgan fingerprint density at radius 1 is 1.14 bits per heavy atom. The van der Waals surface area contributed by atoms with Gasteiger partial charge in [0.1, 0.15) is 5.76 Å². The lowest BCUT2D eigenvalue weighted by molar-refractivity contribution is -0.130. The van der Waals surface area contributed by atoms with Gasteiger partial charge >= 0.3 is 5.97 Å². The first-order chi connectivity index (χ1) is 10.2. The minimum absolute atomic E-state index is 0.239. The number of aliphatic imine (C=N–C) groups is 1. The molecule has 0 spiro atoms. The van der Waals surface area contributed by atoms with E-state index in [4.69, 9.17) is 20.8 Å². The zero-order valence-electron chi connectivity index (χ0n) is 10.8. The van der Waals surface area contributed by atoms with Crippen LogP contribution in [-0.2, 0) is 9.53 Å². The van der Waals surface area contributed by atoms with Crippen molar-refractivity contribution in [3.63, 3.8) is 0 Å². The molecule has 3 rings (SSSR count). The highest BCUT2D eigenvalue weighted by Gasteiger charge is 2.23. The molecule has 4 nitrogen and oxygen atoms in total. The minimum Gasteiger partial charge on any atom is -0.465 e. The molecule has 5 heteroatoms. The van der Waals surface area contributed by atoms with Gasteiger partial charge < -0.3 is 9.15 Å². The van der Waals surface area contributed by atoms with Gasteiger partial charge in [-0.3, -0.25) is 0 Å². The first-order valence-corrected chi connectivity index (χ1v) is 6.59. The van der Waals surface area contributed by atoms with E-state index in [1.807, 2.05) is 6.07 Å². The molecule has 2 aromatic rings. The van der Waals surface area contributed by atoms with E-state index >= 15 is 0 Å². The van der Waals surface area contributed by atoms with E-state index < -0.39 is 5.97 Å². The molecule has 104 valence electrons. The lowest BCUT2D eigenvalue weighted by Crippen LogP contribution is -2.04. The zero-order valence-corrected chi connectivity index (χ0v) is 11.6. The quantitative estimate of drug-likeness (QED) is 0.639. The van der Waals surface area contributed by atoms with Gasteiger partial charge in [-0.2, -0.15) is 0 Å². The monoisotopic (exact) mass is 299 g/mol. The highest BCUT2D eigenvalue weighted by Crippen LogP contribution is 2.18. The Morgan fingerprint density at radius 3 is 2.67 bits per heavy atom. The lowest BCUT2D eigenvalue weighted by atomic mass is 10.2. The molecule has 0 bridgehead atoms. The van der Waals surface area contributed by atoms with Gasteiger partial charge in [-0.05, 0) is 48.6 Å². The molecule has 0 N–H and O–H groups in total. The standard InChI is InChI=1S/C16H10ClNO3/c17-12-8-6-11(7-9-12)15-18-14(16(19)21-15)5-1-3-13-4-2-10-20-13/h1-10H. The molecule has 0 amide bonds. The number of carbonyl (C=O) groups excluding carboxylic acids is 1. The van der Waals surface area contributed by atoms with E-state index in [0.29, 0.717) is 16.3 Å². The predicted molar refractivity (Wildman–Crippen MR) is 79.9 cm³/mol. The summed E-state index contributed by atoms with van der Waals surface area (Å²) in [4.78, 5) is 15.9. The molecule has 1 aromatic heterocycles. The van der Waals surface area contributed by atoms with Crippen LogP contribution >= 0.6 is 11.6 Å². The molecule has 1 aliphatic rings. The SMILES string of the molecule is O=C1OC(c2ccc(Cl)cc2)=NC1=CC=Cc1ccco1. The Balaban J connectivity index is 1.80. The van der Waals surface area contributed by atoms with Crippen molar-refractivity contribution in [3.8, 4) is 0 Å². The topological polar surface area (TPSA) is 51.8 Å². The summed E-state index contributed by atoms with van der Waals surface area (Å²) in [5.74, 6) is 0.485. The average molecular weight is 300 g/mol. The number of ether oxygens (including phenoxy) is 1. The maximum atomic E-state index is 11.7. The Hall–Kier alpha value is -2.59. The van der Waals surface area contributed by atoms with Gasteiger partial charge in [0.05, 0.1) is 6.26 Å². The third-order valence-electron chi connectivity index (χ3n) is 2.77. The Bertz CT molecular complexity index is 740. The predicted octanol–water partition coefficient (Wildman–Crippen LogP) is 3.83. The lowest BCUT2D eigenvalue weighted by Gasteiger charge is -1.98. The first-order valence-electron chi connectivity index (χ1n) is 6.21. The maximum absolute atomic E-state index is 11.7. The highest BCUT2D eigenvalue weighted by atomic mass is 35.5. The number of halogens is 1. The largest absolute Gasteiger partial charge is 0.465 e. The van der Waals surface area contributed by atoms with Crippen LogP contribution in [0.15, 0.2) is 69.9 Å². The van der Waals surface area contributed by atoms with Crippen LogP contribution in [0.4, 0.5) is 0 Å². The van der Waals surface area contributed by atoms with Crippen LogP contribution in [0, 0.1) is 0 Å². The van der Waals surface area contributed by atoms with E-state index in [0.717, 1.165) is 0 Å². The highest BCUT2D eigenvalue weighted by molar-refractivity contribution is 6.30. The second-order valence-electron chi connectivity index (χ2n) is 4.24. The average Bonchev–Trinajstić information content (AvgIpc) is 3.10. The summed E-state index contributed by atoms with van der Waals surface area (Å²) < 4.78 is 10.3. The van der Waals surface area contributed by atoms with Crippen molar-refractivity contribution in [3.05, 3.63) is 76.9 Å². The van der Waals surface area contributed by atoms with E-state index in [2.05, 4.69) is 4.99 Å². The van der Waals surface area contributed by atoms with Crippen molar-refractivity contribution in [1.82, 2.24) is 0 Å². The van der Waals surface area contributed by atoms with Gasteiger partial charge in [-0.15, -0.1) is 0 Å². The van der Waals surface area contributed by atoms with Gasteiger partial charge in [0.25, 0.3) is 0 Å². The number of furan rings is 1. The van der Waals surface area contributed by atoms with Gasteiger partial charge in [-0.25, -0.2) is 9.79 Å². The molecule has 0 saturated heterocycles. The Kier molecular flexibility index (Phi) is 3.71. The second kappa shape index (κ2) is 5.81. The zero-order chi connectivity index (χ0) is 14.7. The fourth-order valence-electron chi connectivity index (χ4n) is 1.76. The number of hydrogen-bond acceptors (Lipinski definition) is 4. The summed E-state index contributed by atoms with van der Waals surface area (Å²) in [5.41, 5.74) is 0.939. The summed E-state index contributed by atoms with van der Waals surface area (Å²) in [6.07, 6.45) is 6.57. The number of rotatable bonds is 3. The van der Waals surface area contributed by atoms with Crippen LogP contribution in [0.3, 0.4) is 0 Å². The van der Waals surface area contributed by atoms with Crippen molar-refractivity contribution < 1.29 is 13.9 Å². The number of nitrogens with zero attached hydrogens (tertiary/aromatic N) is 1. The van der Waals surface area contributed by atoms with Gasteiger partial charge in [0.15, 0.2) is 5.70 Å². The summed E-state index contributed by atoms with van der Waals surface area (Å²) >= 11 is 5.82. The molecule has 21 heavy (non-hydrogen) atoms. The third-order valence-corrected chi connectivity index (χ3v) is 3.02. The van der Waals surface area contributed by atoms with Crippen molar-refractivity contribution in [2.75, 3.05) is 0 Å². The molecule has 0 aliphatic carbocycles. The molecule has 0 radical (unpaired) electrons. The number of benzene rings is 1. The smallest absolute Gasteiger partial charge is 0.363 e. The van der Waals surface area contributed by atoms with Crippen molar-refractivity contribution in [2.45, 2.75) is 0 Å². The van der Waals surface area contributed by atoms with Gasteiger partial charge in [0.2, 0.25) is 5.90 Å². The Labute approximate surface area is 126 Å². The number of allylic oxidation sites excluding steroid dienone is 2. The van der Waals surface area contributed by atoms with E-state index in [9.17, 15) is 4.79 Å². The molecule has 0 fully saturated rings. The molecule has 0 saturated carbocycles. The normalized spacial score (nSPS) is 16.5. The molecule has 0 atom stereocenters. The summed E-state index contributed by atoms with van der Waals surface area (Å²) in [7, 11) is 0.